The van der Waals surface area contributed by atoms with Crippen LogP contribution < -0.4 is 0 Å². The third kappa shape index (κ3) is 2.90. The lowest BCUT2D eigenvalue weighted by atomic mass is 9.99. The van der Waals surface area contributed by atoms with E-state index < -0.39 is 0 Å². The number of carbonyl (C=O) groups is 1. The second kappa shape index (κ2) is 5.90. The average Bonchev–Trinajstić information content (AvgIpc) is 2.97. The van der Waals surface area contributed by atoms with Gasteiger partial charge in [-0.25, -0.2) is 0 Å². The van der Waals surface area contributed by atoms with Gasteiger partial charge in [-0.1, -0.05) is 18.7 Å². The van der Waals surface area contributed by atoms with Gasteiger partial charge in [-0.15, -0.1) is 0 Å². The first-order valence-electron chi connectivity index (χ1n) is 7.25. The Hall–Kier alpha value is -3.19. The van der Waals surface area contributed by atoms with E-state index in [9.17, 15) is 10.1 Å². The maximum absolute atomic E-state index is 11.6. The second-order valence-electron chi connectivity index (χ2n) is 5.50. The summed E-state index contributed by atoms with van der Waals surface area (Å²) in [4.78, 5) is 11.6. The topological polar surface area (TPSA) is 69.5 Å². The van der Waals surface area contributed by atoms with Crippen LogP contribution in [0.4, 0.5) is 0 Å². The molecule has 0 atom stereocenters. The number of H-pyrrole nitrogens is 1. The summed E-state index contributed by atoms with van der Waals surface area (Å²) in [7, 11) is 0. The number of ketones is 1. The minimum absolute atomic E-state index is 0.0754. The third-order valence-corrected chi connectivity index (χ3v) is 3.72. The van der Waals surface area contributed by atoms with Crippen molar-refractivity contribution in [1.82, 2.24) is 10.2 Å². The van der Waals surface area contributed by atoms with E-state index in [0.717, 1.165) is 33.3 Å². The van der Waals surface area contributed by atoms with Crippen LogP contribution in [-0.4, -0.2) is 16.0 Å². The molecule has 1 N–H and O–H groups in total. The molecule has 0 spiro atoms. The van der Waals surface area contributed by atoms with Gasteiger partial charge in [-0.3, -0.25) is 9.89 Å². The molecule has 0 aliphatic heterocycles. The van der Waals surface area contributed by atoms with Gasteiger partial charge in [-0.05, 0) is 48.4 Å². The number of allylic oxidation sites excluding steroid dienone is 1. The first kappa shape index (κ1) is 14.7. The lowest BCUT2D eigenvalue weighted by Gasteiger charge is -2.04. The Labute approximate surface area is 134 Å². The van der Waals surface area contributed by atoms with Crippen LogP contribution in [0.2, 0.25) is 0 Å². The van der Waals surface area contributed by atoms with Crippen molar-refractivity contribution in [3.8, 4) is 17.3 Å². The van der Waals surface area contributed by atoms with Crippen molar-refractivity contribution in [2.75, 3.05) is 0 Å². The van der Waals surface area contributed by atoms with E-state index in [-0.39, 0.29) is 12.2 Å². The number of aromatic amines is 1. The molecule has 3 aromatic rings. The zero-order chi connectivity index (χ0) is 16.4. The van der Waals surface area contributed by atoms with Crippen LogP contribution in [-0.2, 0) is 11.2 Å². The third-order valence-electron chi connectivity index (χ3n) is 3.72. The van der Waals surface area contributed by atoms with E-state index in [1.807, 2.05) is 31.2 Å². The molecule has 0 unspecified atom stereocenters. The summed E-state index contributed by atoms with van der Waals surface area (Å²) in [6, 6.07) is 13.6. The van der Waals surface area contributed by atoms with Crippen molar-refractivity contribution in [1.29, 1.82) is 5.26 Å². The average molecular weight is 301 g/mol. The van der Waals surface area contributed by atoms with Crippen molar-refractivity contribution in [2.24, 2.45) is 0 Å². The first-order valence-corrected chi connectivity index (χ1v) is 7.25. The van der Waals surface area contributed by atoms with Gasteiger partial charge in [0.15, 0.2) is 5.78 Å². The molecule has 0 amide bonds. The molecule has 1 aromatic heterocycles. The fourth-order valence-electron chi connectivity index (χ4n) is 2.62. The molecule has 0 bridgehead atoms. The number of aryl methyl sites for hydroxylation is 1. The minimum Gasteiger partial charge on any atom is -0.295 e. The fraction of sp³-hybridized carbons (Fsp3) is 0.105. The molecule has 0 fully saturated rings. The monoisotopic (exact) mass is 301 g/mol. The minimum atomic E-state index is -0.0754. The van der Waals surface area contributed by atoms with Crippen molar-refractivity contribution in [3.63, 3.8) is 0 Å². The molecule has 2 aromatic carbocycles. The molecule has 0 saturated heterocycles. The van der Waals surface area contributed by atoms with Gasteiger partial charge in [0.2, 0.25) is 0 Å². The number of carbonyl (C=O) groups excluding carboxylic acids is 1. The maximum atomic E-state index is 11.6. The maximum Gasteiger partial charge on any atom is 0.159 e. The van der Waals surface area contributed by atoms with Gasteiger partial charge in [0.25, 0.3) is 0 Å². The number of hydrogen-bond donors (Lipinski definition) is 1. The number of nitriles is 1. The molecule has 3 rings (SSSR count). The summed E-state index contributed by atoms with van der Waals surface area (Å²) in [5.41, 5.74) is 5.00. The fourth-order valence-corrected chi connectivity index (χ4v) is 2.62. The number of benzene rings is 2. The number of hydrogen-bond acceptors (Lipinski definition) is 3. The molecular weight excluding hydrogens is 286 g/mol. The normalized spacial score (nSPS) is 10.4. The Morgan fingerprint density at radius 1 is 1.35 bits per heavy atom. The van der Waals surface area contributed by atoms with Crippen LogP contribution in [0.1, 0.15) is 16.7 Å². The van der Waals surface area contributed by atoms with E-state index >= 15 is 0 Å². The van der Waals surface area contributed by atoms with Gasteiger partial charge in [0.05, 0.1) is 22.8 Å². The predicted molar refractivity (Wildman–Crippen MR) is 89.9 cm³/mol. The summed E-state index contributed by atoms with van der Waals surface area (Å²) in [6.45, 7) is 5.51. The van der Waals surface area contributed by atoms with E-state index in [4.69, 9.17) is 0 Å². The number of nitrogens with one attached hydrogen (secondary N) is 1. The SMILES string of the molecule is C=CC(=O)Cc1cc(C#N)cc(-c2n[nH]c3cc(C)ccc23)c1. The van der Waals surface area contributed by atoms with Crippen molar-refractivity contribution >= 4 is 16.7 Å². The number of fused-ring (bicyclic) bond motifs is 1. The highest BCUT2D eigenvalue weighted by molar-refractivity contribution is 5.94. The van der Waals surface area contributed by atoms with Crippen LogP contribution in [0, 0.1) is 18.3 Å². The molecule has 0 saturated carbocycles. The Bertz CT molecular complexity index is 960. The molecule has 4 nitrogen and oxygen atoms in total. The first-order chi connectivity index (χ1) is 11.1. The van der Waals surface area contributed by atoms with Gasteiger partial charge in [-0.2, -0.15) is 10.4 Å². The van der Waals surface area contributed by atoms with E-state index in [2.05, 4.69) is 22.8 Å². The number of aromatic nitrogens is 2. The van der Waals surface area contributed by atoms with E-state index in [0.29, 0.717) is 5.56 Å². The largest absolute Gasteiger partial charge is 0.295 e. The smallest absolute Gasteiger partial charge is 0.159 e. The van der Waals surface area contributed by atoms with Crippen LogP contribution in [0.25, 0.3) is 22.2 Å². The van der Waals surface area contributed by atoms with Crippen molar-refractivity contribution in [2.45, 2.75) is 13.3 Å². The molecule has 0 aliphatic carbocycles. The predicted octanol–water partition coefficient (Wildman–Crippen LogP) is 3.71. The van der Waals surface area contributed by atoms with Gasteiger partial charge >= 0.3 is 0 Å². The van der Waals surface area contributed by atoms with E-state index in [1.165, 1.54) is 6.08 Å². The highest BCUT2D eigenvalue weighted by Crippen LogP contribution is 2.28. The molecule has 112 valence electrons. The number of rotatable bonds is 4. The summed E-state index contributed by atoms with van der Waals surface area (Å²) in [5, 5.41) is 17.6. The summed E-state index contributed by atoms with van der Waals surface area (Å²) in [5.74, 6) is -0.0754. The van der Waals surface area contributed by atoms with Crippen LogP contribution in [0.5, 0.6) is 0 Å². The van der Waals surface area contributed by atoms with Gasteiger partial charge in [0, 0.05) is 17.4 Å². The summed E-state index contributed by atoms with van der Waals surface area (Å²) in [6.07, 6.45) is 1.53. The molecule has 23 heavy (non-hydrogen) atoms. The molecule has 0 aliphatic rings. The standard InChI is InChI=1S/C19H15N3O/c1-3-16(23)10-13-7-14(11-20)9-15(8-13)19-17-5-4-12(2)6-18(17)21-22-19/h3-9H,1,10H2,2H3,(H,21,22). The summed E-state index contributed by atoms with van der Waals surface area (Å²) >= 11 is 0. The quantitative estimate of drug-likeness (QED) is 0.747. The molecule has 4 heteroatoms. The molecular formula is C19H15N3O. The zero-order valence-electron chi connectivity index (χ0n) is 12.8. The Morgan fingerprint density at radius 2 is 2.17 bits per heavy atom. The molecule has 1 heterocycles. The van der Waals surface area contributed by atoms with Crippen molar-refractivity contribution in [3.05, 3.63) is 65.7 Å². The van der Waals surface area contributed by atoms with E-state index in [1.54, 1.807) is 12.1 Å². The van der Waals surface area contributed by atoms with Gasteiger partial charge < -0.3 is 0 Å². The Kier molecular flexibility index (Phi) is 3.78. The lowest BCUT2D eigenvalue weighted by molar-refractivity contribution is -0.114. The van der Waals surface area contributed by atoms with Gasteiger partial charge in [0.1, 0.15) is 0 Å². The lowest BCUT2D eigenvalue weighted by Crippen LogP contribution is -1.99. The summed E-state index contributed by atoms with van der Waals surface area (Å²) < 4.78 is 0. The highest BCUT2D eigenvalue weighted by atomic mass is 16.1. The Balaban J connectivity index is 2.14. The van der Waals surface area contributed by atoms with Crippen LogP contribution >= 0.6 is 0 Å². The zero-order valence-corrected chi connectivity index (χ0v) is 12.8. The van der Waals surface area contributed by atoms with Crippen LogP contribution in [0.3, 0.4) is 0 Å². The van der Waals surface area contributed by atoms with Crippen molar-refractivity contribution < 1.29 is 4.79 Å². The highest BCUT2D eigenvalue weighted by Gasteiger charge is 2.11. The Morgan fingerprint density at radius 3 is 2.91 bits per heavy atom. The number of nitrogens with zero attached hydrogens (tertiary/aromatic N) is 2. The molecule has 0 radical (unpaired) electrons. The van der Waals surface area contributed by atoms with Crippen LogP contribution in [0.15, 0.2) is 49.1 Å². The second-order valence-corrected chi connectivity index (χ2v) is 5.50.